The molecular formula is C20H20FN3O. The Kier molecular flexibility index (Phi) is 4.24. The topological polar surface area (TPSA) is 30.3 Å². The zero-order valence-electron chi connectivity index (χ0n) is 14.1. The minimum Gasteiger partial charge on any atom is -0.484 e. The van der Waals surface area contributed by atoms with Gasteiger partial charge in [-0.3, -0.25) is 9.58 Å². The molecule has 0 radical (unpaired) electrons. The summed E-state index contributed by atoms with van der Waals surface area (Å²) < 4.78 is 22.3. The van der Waals surface area contributed by atoms with Gasteiger partial charge in [-0.15, -0.1) is 0 Å². The fourth-order valence-electron chi connectivity index (χ4n) is 3.31. The molecule has 0 bridgehead atoms. The van der Waals surface area contributed by atoms with Crippen LogP contribution in [0.3, 0.4) is 0 Å². The normalized spacial score (nSPS) is 17.6. The Morgan fingerprint density at radius 1 is 1.16 bits per heavy atom. The van der Waals surface area contributed by atoms with Gasteiger partial charge in [0, 0.05) is 49.6 Å². The van der Waals surface area contributed by atoms with Gasteiger partial charge in [-0.05, 0) is 12.1 Å². The van der Waals surface area contributed by atoms with E-state index >= 15 is 0 Å². The molecule has 5 heteroatoms. The SMILES string of the molecule is Cn1cc(CN2Cc3ccccc3OC(c3ccccc3F)C2)cn1. The van der Waals surface area contributed by atoms with Crippen molar-refractivity contribution in [1.82, 2.24) is 14.7 Å². The Labute approximate surface area is 146 Å². The molecule has 2 heterocycles. The highest BCUT2D eigenvalue weighted by Gasteiger charge is 2.26. The first-order chi connectivity index (χ1) is 12.2. The lowest BCUT2D eigenvalue weighted by Gasteiger charge is -2.24. The maximum atomic E-state index is 14.3. The molecule has 1 aromatic heterocycles. The second-order valence-electron chi connectivity index (χ2n) is 6.43. The summed E-state index contributed by atoms with van der Waals surface area (Å²) in [5.74, 6) is 0.595. The number of hydrogen-bond donors (Lipinski definition) is 0. The van der Waals surface area contributed by atoms with Crippen molar-refractivity contribution < 1.29 is 9.13 Å². The first-order valence-corrected chi connectivity index (χ1v) is 8.38. The Morgan fingerprint density at radius 2 is 1.96 bits per heavy atom. The van der Waals surface area contributed by atoms with Gasteiger partial charge in [0.05, 0.1) is 6.20 Å². The van der Waals surface area contributed by atoms with Crippen LogP contribution in [0.15, 0.2) is 60.9 Å². The van der Waals surface area contributed by atoms with E-state index in [0.717, 1.165) is 30.0 Å². The van der Waals surface area contributed by atoms with Crippen molar-refractivity contribution in [3.05, 3.63) is 83.4 Å². The number of aryl methyl sites for hydroxylation is 1. The third-order valence-electron chi connectivity index (χ3n) is 4.48. The lowest BCUT2D eigenvalue weighted by atomic mass is 10.1. The van der Waals surface area contributed by atoms with Crippen LogP contribution in [0.5, 0.6) is 5.75 Å². The monoisotopic (exact) mass is 337 g/mol. The maximum Gasteiger partial charge on any atom is 0.139 e. The van der Waals surface area contributed by atoms with Crippen LogP contribution in [-0.4, -0.2) is 21.2 Å². The first kappa shape index (κ1) is 15.8. The van der Waals surface area contributed by atoms with Crippen molar-refractivity contribution >= 4 is 0 Å². The van der Waals surface area contributed by atoms with Crippen molar-refractivity contribution in [3.8, 4) is 5.75 Å². The summed E-state index contributed by atoms with van der Waals surface area (Å²) in [5, 5.41) is 4.24. The number of rotatable bonds is 3. The second-order valence-corrected chi connectivity index (χ2v) is 6.43. The molecule has 0 spiro atoms. The molecule has 0 saturated heterocycles. The molecule has 1 atom stereocenters. The van der Waals surface area contributed by atoms with E-state index < -0.39 is 0 Å². The fourth-order valence-corrected chi connectivity index (χ4v) is 3.31. The van der Waals surface area contributed by atoms with Crippen LogP contribution in [0.2, 0.25) is 0 Å². The minimum absolute atomic E-state index is 0.229. The van der Waals surface area contributed by atoms with E-state index in [1.165, 1.54) is 6.07 Å². The third kappa shape index (κ3) is 3.42. The Bertz CT molecular complexity index is 877. The van der Waals surface area contributed by atoms with Crippen molar-refractivity contribution in [3.63, 3.8) is 0 Å². The van der Waals surface area contributed by atoms with Crippen LogP contribution in [0.25, 0.3) is 0 Å². The second kappa shape index (κ2) is 6.69. The standard InChI is InChI=1S/C20H20FN3O/c1-23-11-15(10-22-23)12-24-13-16-6-2-5-9-19(16)25-20(14-24)17-7-3-4-8-18(17)21/h2-11,20H,12-14H2,1H3. The van der Waals surface area contributed by atoms with Gasteiger partial charge in [-0.25, -0.2) is 4.39 Å². The van der Waals surface area contributed by atoms with E-state index in [0.29, 0.717) is 12.1 Å². The van der Waals surface area contributed by atoms with E-state index in [1.807, 2.05) is 43.7 Å². The number of halogens is 1. The number of nitrogens with zero attached hydrogens (tertiary/aromatic N) is 3. The van der Waals surface area contributed by atoms with Crippen molar-refractivity contribution in [2.75, 3.05) is 6.54 Å². The highest BCUT2D eigenvalue weighted by molar-refractivity contribution is 5.35. The summed E-state index contributed by atoms with van der Waals surface area (Å²) in [7, 11) is 1.91. The molecule has 0 aliphatic carbocycles. The highest BCUT2D eigenvalue weighted by Crippen LogP contribution is 2.32. The molecule has 4 nitrogen and oxygen atoms in total. The van der Waals surface area contributed by atoms with Crippen LogP contribution < -0.4 is 4.74 Å². The Morgan fingerprint density at radius 3 is 2.76 bits per heavy atom. The summed E-state index contributed by atoms with van der Waals surface area (Å²) in [6.45, 7) is 2.12. The van der Waals surface area contributed by atoms with Gasteiger partial charge < -0.3 is 4.74 Å². The van der Waals surface area contributed by atoms with E-state index in [-0.39, 0.29) is 11.9 Å². The van der Waals surface area contributed by atoms with Crippen LogP contribution in [-0.2, 0) is 20.1 Å². The van der Waals surface area contributed by atoms with Gasteiger partial charge in [0.15, 0.2) is 0 Å². The molecule has 4 rings (SSSR count). The Hall–Kier alpha value is -2.66. The molecular weight excluding hydrogens is 317 g/mol. The average molecular weight is 337 g/mol. The lowest BCUT2D eigenvalue weighted by molar-refractivity contribution is 0.140. The quantitative estimate of drug-likeness (QED) is 0.730. The van der Waals surface area contributed by atoms with Gasteiger partial charge in [0.2, 0.25) is 0 Å². The molecule has 25 heavy (non-hydrogen) atoms. The molecule has 128 valence electrons. The minimum atomic E-state index is -0.346. The number of fused-ring (bicyclic) bond motifs is 1. The number of para-hydroxylation sites is 1. The van der Waals surface area contributed by atoms with Crippen molar-refractivity contribution in [2.45, 2.75) is 19.2 Å². The smallest absolute Gasteiger partial charge is 0.139 e. The zero-order valence-corrected chi connectivity index (χ0v) is 14.1. The molecule has 1 aliphatic rings. The van der Waals surface area contributed by atoms with Gasteiger partial charge in [-0.1, -0.05) is 36.4 Å². The average Bonchev–Trinajstić information content (AvgIpc) is 2.91. The van der Waals surface area contributed by atoms with Gasteiger partial charge in [0.1, 0.15) is 17.7 Å². The fraction of sp³-hybridized carbons (Fsp3) is 0.250. The van der Waals surface area contributed by atoms with Crippen LogP contribution in [0.1, 0.15) is 22.8 Å². The summed E-state index contributed by atoms with van der Waals surface area (Å²) in [5.41, 5.74) is 2.84. The van der Waals surface area contributed by atoms with Crippen molar-refractivity contribution in [2.24, 2.45) is 7.05 Å². The van der Waals surface area contributed by atoms with E-state index in [9.17, 15) is 4.39 Å². The summed E-state index contributed by atoms with van der Waals surface area (Å²) in [6, 6.07) is 14.8. The first-order valence-electron chi connectivity index (χ1n) is 8.38. The zero-order chi connectivity index (χ0) is 17.2. The molecule has 2 aromatic carbocycles. The molecule has 3 aromatic rings. The Balaban J connectivity index is 1.67. The van der Waals surface area contributed by atoms with Crippen molar-refractivity contribution in [1.29, 1.82) is 0 Å². The predicted molar refractivity (Wildman–Crippen MR) is 93.5 cm³/mol. The highest BCUT2D eigenvalue weighted by atomic mass is 19.1. The van der Waals surface area contributed by atoms with Crippen LogP contribution in [0.4, 0.5) is 4.39 Å². The van der Waals surface area contributed by atoms with Gasteiger partial charge >= 0.3 is 0 Å². The number of hydrogen-bond acceptors (Lipinski definition) is 3. The summed E-state index contributed by atoms with van der Waals surface area (Å²) >= 11 is 0. The predicted octanol–water partition coefficient (Wildman–Crippen LogP) is 3.70. The molecule has 0 saturated carbocycles. The molecule has 0 fully saturated rings. The lowest BCUT2D eigenvalue weighted by Crippen LogP contribution is -2.28. The van der Waals surface area contributed by atoms with E-state index in [2.05, 4.69) is 16.1 Å². The maximum absolute atomic E-state index is 14.3. The molecule has 1 unspecified atom stereocenters. The van der Waals surface area contributed by atoms with Crippen LogP contribution in [0, 0.1) is 5.82 Å². The van der Waals surface area contributed by atoms with Gasteiger partial charge in [0.25, 0.3) is 0 Å². The molecule has 1 aliphatic heterocycles. The number of ether oxygens (including phenoxy) is 1. The summed E-state index contributed by atoms with van der Waals surface area (Å²) in [4.78, 5) is 2.28. The van der Waals surface area contributed by atoms with E-state index in [1.54, 1.807) is 16.8 Å². The van der Waals surface area contributed by atoms with E-state index in [4.69, 9.17) is 4.74 Å². The number of aromatic nitrogens is 2. The molecule has 0 amide bonds. The summed E-state index contributed by atoms with van der Waals surface area (Å²) in [6.07, 6.45) is 3.53. The van der Waals surface area contributed by atoms with Gasteiger partial charge in [-0.2, -0.15) is 5.10 Å². The third-order valence-corrected chi connectivity index (χ3v) is 4.48. The number of benzene rings is 2. The largest absolute Gasteiger partial charge is 0.484 e. The molecule has 0 N–H and O–H groups in total. The van der Waals surface area contributed by atoms with Crippen LogP contribution >= 0.6 is 0 Å².